The molecule has 0 unspecified atom stereocenters. The van der Waals surface area contributed by atoms with Gasteiger partial charge in [0.1, 0.15) is 5.76 Å². The van der Waals surface area contributed by atoms with E-state index in [9.17, 15) is 14.4 Å². The second kappa shape index (κ2) is 7.84. The molecule has 0 spiro atoms. The lowest BCUT2D eigenvalue weighted by atomic mass is 10.1. The summed E-state index contributed by atoms with van der Waals surface area (Å²) in [5, 5.41) is 2.69. The maximum Gasteiger partial charge on any atom is 0.268 e. The van der Waals surface area contributed by atoms with Crippen molar-refractivity contribution in [3.05, 3.63) is 58.9 Å². The van der Waals surface area contributed by atoms with E-state index in [1.54, 1.807) is 36.6 Å². The van der Waals surface area contributed by atoms with E-state index >= 15 is 0 Å². The number of hydrogen-bond donors (Lipinski definition) is 1. The molecule has 0 saturated carbocycles. The molecular formula is C20H20N2O4S. The first-order valence-corrected chi connectivity index (χ1v) is 9.52. The van der Waals surface area contributed by atoms with Crippen LogP contribution in [0.15, 0.2) is 52.0 Å². The molecule has 1 aromatic carbocycles. The van der Waals surface area contributed by atoms with Crippen molar-refractivity contribution in [2.75, 3.05) is 5.32 Å². The van der Waals surface area contributed by atoms with Gasteiger partial charge in [-0.05, 0) is 43.7 Å². The predicted molar refractivity (Wildman–Crippen MR) is 105 cm³/mol. The number of imide groups is 1. The van der Waals surface area contributed by atoms with Gasteiger partial charge in [-0.1, -0.05) is 12.1 Å². The summed E-state index contributed by atoms with van der Waals surface area (Å²) in [5.74, 6) is 0.434. The molecule has 27 heavy (non-hydrogen) atoms. The lowest BCUT2D eigenvalue weighted by molar-refractivity contribution is -0.138. The van der Waals surface area contributed by atoms with Gasteiger partial charge in [0.25, 0.3) is 11.8 Å². The van der Waals surface area contributed by atoms with Crippen molar-refractivity contribution >= 4 is 40.7 Å². The van der Waals surface area contributed by atoms with E-state index in [1.165, 1.54) is 23.6 Å². The summed E-state index contributed by atoms with van der Waals surface area (Å²) in [6, 6.07) is 10.3. The Balaban J connectivity index is 1.95. The highest BCUT2D eigenvalue weighted by atomic mass is 32.2. The average Bonchev–Trinajstić information content (AvgIpc) is 3.19. The van der Waals surface area contributed by atoms with E-state index in [4.69, 9.17) is 4.42 Å². The molecule has 1 aliphatic rings. The molecule has 140 valence electrons. The van der Waals surface area contributed by atoms with Crippen molar-refractivity contribution in [3.8, 4) is 0 Å². The van der Waals surface area contributed by atoms with Gasteiger partial charge in [-0.3, -0.25) is 19.3 Å². The van der Waals surface area contributed by atoms with Crippen molar-refractivity contribution < 1.29 is 18.8 Å². The topological polar surface area (TPSA) is 79.6 Å². The molecule has 0 atom stereocenters. The molecule has 0 fully saturated rings. The molecule has 0 saturated heterocycles. The van der Waals surface area contributed by atoms with Crippen molar-refractivity contribution in [1.29, 1.82) is 0 Å². The summed E-state index contributed by atoms with van der Waals surface area (Å²) in [5.41, 5.74) is 1.67. The van der Waals surface area contributed by atoms with Crippen LogP contribution in [-0.4, -0.2) is 28.7 Å². The molecule has 6 nitrogen and oxygen atoms in total. The largest absolute Gasteiger partial charge is 0.468 e. The minimum absolute atomic E-state index is 0.172. The molecule has 2 heterocycles. The van der Waals surface area contributed by atoms with Crippen LogP contribution in [0.4, 0.5) is 5.69 Å². The van der Waals surface area contributed by atoms with E-state index in [1.807, 2.05) is 19.9 Å². The van der Waals surface area contributed by atoms with Gasteiger partial charge in [0.05, 0.1) is 22.5 Å². The molecular weight excluding hydrogens is 364 g/mol. The molecule has 1 N–H and O–H groups in total. The van der Waals surface area contributed by atoms with Gasteiger partial charge in [0.15, 0.2) is 0 Å². The van der Waals surface area contributed by atoms with E-state index in [0.717, 1.165) is 5.76 Å². The summed E-state index contributed by atoms with van der Waals surface area (Å²) in [6.07, 6.45) is 1.58. The lowest BCUT2D eigenvalue weighted by Crippen LogP contribution is -2.37. The highest BCUT2D eigenvalue weighted by molar-refractivity contribution is 8.03. The van der Waals surface area contributed by atoms with Crippen molar-refractivity contribution in [2.24, 2.45) is 0 Å². The fraction of sp³-hybridized carbons (Fsp3) is 0.250. The fourth-order valence-corrected chi connectivity index (χ4v) is 3.87. The molecule has 7 heteroatoms. The Hall–Kier alpha value is -2.80. The quantitative estimate of drug-likeness (QED) is 0.769. The minimum atomic E-state index is -0.302. The second-order valence-electron chi connectivity index (χ2n) is 6.40. The molecule has 0 bridgehead atoms. The second-order valence-corrected chi connectivity index (χ2v) is 7.39. The van der Waals surface area contributed by atoms with Crippen LogP contribution >= 0.6 is 11.8 Å². The normalized spacial score (nSPS) is 14.4. The van der Waals surface area contributed by atoms with Crippen LogP contribution in [0.25, 0.3) is 5.57 Å². The van der Waals surface area contributed by atoms with E-state index in [-0.39, 0.29) is 23.8 Å². The number of hydrogen-bond acceptors (Lipinski definition) is 5. The van der Waals surface area contributed by atoms with Gasteiger partial charge in [0.2, 0.25) is 5.91 Å². The number of carbonyl (C=O) groups is 3. The number of amides is 3. The molecule has 0 radical (unpaired) electrons. The van der Waals surface area contributed by atoms with Crippen LogP contribution in [0.2, 0.25) is 0 Å². The monoisotopic (exact) mass is 384 g/mol. The molecule has 1 aromatic heterocycles. The average molecular weight is 384 g/mol. The summed E-state index contributed by atoms with van der Waals surface area (Å²) >= 11 is 1.30. The van der Waals surface area contributed by atoms with E-state index < -0.39 is 0 Å². The van der Waals surface area contributed by atoms with Crippen LogP contribution in [-0.2, 0) is 20.1 Å². The van der Waals surface area contributed by atoms with Crippen molar-refractivity contribution in [3.63, 3.8) is 0 Å². The van der Waals surface area contributed by atoms with Gasteiger partial charge in [0, 0.05) is 18.7 Å². The van der Waals surface area contributed by atoms with Crippen LogP contribution in [0.3, 0.4) is 0 Å². The zero-order chi connectivity index (χ0) is 19.6. The van der Waals surface area contributed by atoms with Gasteiger partial charge in [-0.25, -0.2) is 0 Å². The van der Waals surface area contributed by atoms with Crippen LogP contribution in [0.1, 0.15) is 32.1 Å². The SMILES string of the molecule is CC(=O)Nc1ccc(C2=C(SCc3ccco3)C(=O)N(C(C)C)C2=O)cc1. The van der Waals surface area contributed by atoms with Crippen LogP contribution in [0, 0.1) is 0 Å². The Morgan fingerprint density at radius 3 is 2.41 bits per heavy atom. The van der Waals surface area contributed by atoms with Crippen molar-refractivity contribution in [1.82, 2.24) is 4.90 Å². The molecule has 0 aliphatic carbocycles. The Morgan fingerprint density at radius 1 is 1.15 bits per heavy atom. The maximum atomic E-state index is 12.9. The number of rotatable bonds is 6. The number of thioether (sulfide) groups is 1. The smallest absolute Gasteiger partial charge is 0.268 e. The van der Waals surface area contributed by atoms with Gasteiger partial charge in [-0.15, -0.1) is 11.8 Å². The number of furan rings is 1. The fourth-order valence-electron chi connectivity index (χ4n) is 2.85. The Labute approximate surface area is 161 Å². The van der Waals surface area contributed by atoms with E-state index in [0.29, 0.717) is 27.5 Å². The minimum Gasteiger partial charge on any atom is -0.468 e. The summed E-state index contributed by atoms with van der Waals surface area (Å²) in [6.45, 7) is 5.06. The number of benzene rings is 1. The number of nitrogens with one attached hydrogen (secondary N) is 1. The Bertz CT molecular complexity index is 899. The Kier molecular flexibility index (Phi) is 5.51. The van der Waals surface area contributed by atoms with Crippen LogP contribution in [0.5, 0.6) is 0 Å². The van der Waals surface area contributed by atoms with Crippen molar-refractivity contribution in [2.45, 2.75) is 32.6 Å². The highest BCUT2D eigenvalue weighted by Crippen LogP contribution is 2.38. The third-order valence-electron chi connectivity index (χ3n) is 4.02. The zero-order valence-electron chi connectivity index (χ0n) is 15.3. The first-order valence-electron chi connectivity index (χ1n) is 8.54. The third kappa shape index (κ3) is 3.98. The zero-order valence-corrected chi connectivity index (χ0v) is 16.1. The van der Waals surface area contributed by atoms with Crippen LogP contribution < -0.4 is 5.32 Å². The summed E-state index contributed by atoms with van der Waals surface area (Å²) in [7, 11) is 0. The summed E-state index contributed by atoms with van der Waals surface area (Å²) < 4.78 is 5.33. The highest BCUT2D eigenvalue weighted by Gasteiger charge is 2.40. The maximum absolute atomic E-state index is 12.9. The van der Waals surface area contributed by atoms with E-state index in [2.05, 4.69) is 5.32 Å². The molecule has 3 rings (SSSR count). The van der Waals surface area contributed by atoms with Gasteiger partial charge < -0.3 is 9.73 Å². The number of anilines is 1. The lowest BCUT2D eigenvalue weighted by Gasteiger charge is -2.19. The van der Waals surface area contributed by atoms with Gasteiger partial charge in [-0.2, -0.15) is 0 Å². The third-order valence-corrected chi connectivity index (χ3v) is 5.12. The Morgan fingerprint density at radius 2 is 1.85 bits per heavy atom. The van der Waals surface area contributed by atoms with Gasteiger partial charge >= 0.3 is 0 Å². The first kappa shape index (κ1) is 19.0. The molecule has 1 aliphatic heterocycles. The predicted octanol–water partition coefficient (Wildman–Crippen LogP) is 3.66. The first-order chi connectivity index (χ1) is 12.9. The summed E-state index contributed by atoms with van der Waals surface area (Å²) in [4.78, 5) is 38.7. The molecule has 3 amide bonds. The number of nitrogens with zero attached hydrogens (tertiary/aromatic N) is 1. The molecule has 2 aromatic rings. The standard InChI is InChI=1S/C20H20N2O4S/c1-12(2)22-19(24)17(14-6-8-15(9-7-14)21-13(3)23)18(20(22)25)27-11-16-5-4-10-26-16/h4-10,12H,11H2,1-3H3,(H,21,23). The number of carbonyl (C=O) groups excluding carboxylic acids is 3.